The van der Waals surface area contributed by atoms with Crippen LogP contribution < -0.4 is 4.90 Å². The average Bonchev–Trinajstić information content (AvgIpc) is 3.83. The van der Waals surface area contributed by atoms with Crippen LogP contribution in [0, 0.1) is 0 Å². The van der Waals surface area contributed by atoms with Gasteiger partial charge in [-0.3, -0.25) is 4.79 Å². The Morgan fingerprint density at radius 3 is 1.84 bits per heavy atom. The van der Waals surface area contributed by atoms with E-state index in [4.69, 9.17) is 8.75 Å². The first-order valence-corrected chi connectivity index (χ1v) is 18.7. The third kappa shape index (κ3) is 7.26. The number of nitrogens with zero attached hydrogens (tertiary/aromatic N) is 3. The van der Waals surface area contributed by atoms with Gasteiger partial charge in [0.1, 0.15) is 17.3 Å². The van der Waals surface area contributed by atoms with Crippen molar-refractivity contribution in [3.05, 3.63) is 139 Å². The standard InChI is InChI=1S/C43H39N3OS2/c1-2-3-4-5-6-9-14-34-29-40(39-28-27-38(41-42(39)45-49-44-41)32-21-19-31(30-47)20-22-32)48-43(34)33-23-25-37(26-24-33)46(35-15-10-7-11-16-35)36-17-12-8-13-18-36/h7-8,10-13,15-30H,2-6,9,14H2,1H3. The number of aryl methyl sites for hydroxylation is 1. The third-order valence-corrected chi connectivity index (χ3v) is 10.9. The number of hydrogen-bond acceptors (Lipinski definition) is 6. The zero-order valence-electron chi connectivity index (χ0n) is 27.7. The van der Waals surface area contributed by atoms with Crippen LogP contribution in [0.25, 0.3) is 43.0 Å². The molecule has 244 valence electrons. The lowest BCUT2D eigenvalue weighted by Crippen LogP contribution is -2.09. The molecule has 49 heavy (non-hydrogen) atoms. The van der Waals surface area contributed by atoms with Crippen molar-refractivity contribution in [1.82, 2.24) is 8.75 Å². The lowest BCUT2D eigenvalue weighted by Gasteiger charge is -2.25. The number of carbonyl (C=O) groups excluding carboxylic acids is 1. The summed E-state index contributed by atoms with van der Waals surface area (Å²) in [5, 5.41) is 0. The fourth-order valence-electron chi connectivity index (χ4n) is 6.49. The quantitative estimate of drug-likeness (QED) is 0.0849. The van der Waals surface area contributed by atoms with E-state index in [9.17, 15) is 4.79 Å². The number of hydrogen-bond donors (Lipinski definition) is 0. The minimum absolute atomic E-state index is 0.665. The van der Waals surface area contributed by atoms with Crippen LogP contribution in [0.4, 0.5) is 17.1 Å². The monoisotopic (exact) mass is 677 g/mol. The highest BCUT2D eigenvalue weighted by molar-refractivity contribution is 7.19. The Labute approximate surface area is 297 Å². The van der Waals surface area contributed by atoms with Crippen LogP contribution in [-0.2, 0) is 6.42 Å². The molecule has 0 N–H and O–H groups in total. The van der Waals surface area contributed by atoms with Gasteiger partial charge in [-0.1, -0.05) is 124 Å². The maximum absolute atomic E-state index is 11.2. The molecular weight excluding hydrogens is 639 g/mol. The Bertz CT molecular complexity index is 2080. The highest BCUT2D eigenvalue weighted by atomic mass is 32.1. The third-order valence-electron chi connectivity index (χ3n) is 9.06. The van der Waals surface area contributed by atoms with Crippen LogP contribution in [0.5, 0.6) is 0 Å². The molecule has 4 nitrogen and oxygen atoms in total. The Hall–Kier alpha value is -4.91. The molecule has 7 rings (SSSR count). The van der Waals surface area contributed by atoms with E-state index < -0.39 is 0 Å². The number of rotatable bonds is 14. The lowest BCUT2D eigenvalue weighted by molar-refractivity contribution is 0.112. The number of carbonyl (C=O) groups is 1. The van der Waals surface area contributed by atoms with E-state index in [-0.39, 0.29) is 0 Å². The SMILES string of the molecule is CCCCCCCCc1cc(-c2ccc(-c3ccc(C=O)cc3)c3nsnc23)sc1-c1ccc(N(c2ccccc2)c2ccccc2)cc1. The largest absolute Gasteiger partial charge is 0.311 e. The number of aromatic nitrogens is 2. The maximum Gasteiger partial charge on any atom is 0.150 e. The minimum Gasteiger partial charge on any atom is -0.311 e. The molecule has 0 aliphatic carbocycles. The molecular formula is C43H39N3OS2. The van der Waals surface area contributed by atoms with Crippen LogP contribution in [0.3, 0.4) is 0 Å². The predicted octanol–water partition coefficient (Wildman–Crippen LogP) is 12.9. The van der Waals surface area contributed by atoms with E-state index in [1.54, 1.807) is 0 Å². The fourth-order valence-corrected chi connectivity index (χ4v) is 8.31. The van der Waals surface area contributed by atoms with Gasteiger partial charge in [0.15, 0.2) is 0 Å². The van der Waals surface area contributed by atoms with Gasteiger partial charge >= 0.3 is 0 Å². The van der Waals surface area contributed by atoms with Crippen LogP contribution in [0.15, 0.2) is 127 Å². The summed E-state index contributed by atoms with van der Waals surface area (Å²) >= 11 is 3.11. The van der Waals surface area contributed by atoms with Gasteiger partial charge in [-0.15, -0.1) is 11.3 Å². The van der Waals surface area contributed by atoms with E-state index in [0.29, 0.717) is 5.56 Å². The van der Waals surface area contributed by atoms with Crippen molar-refractivity contribution >= 4 is 57.4 Å². The molecule has 2 aromatic heterocycles. The number of fused-ring (bicyclic) bond motifs is 1. The van der Waals surface area contributed by atoms with Crippen LogP contribution >= 0.6 is 23.1 Å². The highest BCUT2D eigenvalue weighted by Crippen LogP contribution is 2.44. The Morgan fingerprint density at radius 2 is 1.18 bits per heavy atom. The van der Waals surface area contributed by atoms with Crippen molar-refractivity contribution in [2.75, 3.05) is 4.90 Å². The fraction of sp³-hybridized carbons (Fsp3) is 0.186. The Balaban J connectivity index is 1.24. The number of thiophene rings is 1. The van der Waals surface area contributed by atoms with Crippen LogP contribution in [-0.4, -0.2) is 15.0 Å². The number of aldehydes is 1. The molecule has 0 saturated carbocycles. The summed E-state index contributed by atoms with van der Waals surface area (Å²) in [4.78, 5) is 16.1. The first kappa shape index (κ1) is 32.6. The van der Waals surface area contributed by atoms with Crippen molar-refractivity contribution in [2.45, 2.75) is 51.9 Å². The molecule has 0 amide bonds. The molecule has 0 spiro atoms. The summed E-state index contributed by atoms with van der Waals surface area (Å²) in [6.07, 6.45) is 9.57. The minimum atomic E-state index is 0.665. The molecule has 2 heterocycles. The molecule has 7 aromatic rings. The summed E-state index contributed by atoms with van der Waals surface area (Å²) in [5.74, 6) is 0. The molecule has 0 bridgehead atoms. The van der Waals surface area contributed by atoms with E-state index in [1.807, 2.05) is 35.6 Å². The van der Waals surface area contributed by atoms with Gasteiger partial charge in [0, 0.05) is 43.5 Å². The molecule has 0 radical (unpaired) electrons. The van der Waals surface area contributed by atoms with Gasteiger partial charge in [-0.2, -0.15) is 8.75 Å². The number of para-hydroxylation sites is 2. The second-order valence-corrected chi connectivity index (χ2v) is 14.0. The Morgan fingerprint density at radius 1 is 0.612 bits per heavy atom. The Kier molecular flexibility index (Phi) is 10.3. The van der Waals surface area contributed by atoms with Gasteiger partial charge in [-0.25, -0.2) is 0 Å². The van der Waals surface area contributed by atoms with Gasteiger partial charge in [0.2, 0.25) is 0 Å². The molecule has 5 aromatic carbocycles. The van der Waals surface area contributed by atoms with Gasteiger partial charge in [0.25, 0.3) is 0 Å². The normalized spacial score (nSPS) is 11.2. The van der Waals surface area contributed by atoms with E-state index in [1.165, 1.54) is 71.1 Å². The molecule has 0 saturated heterocycles. The van der Waals surface area contributed by atoms with E-state index in [2.05, 4.69) is 115 Å². The predicted molar refractivity (Wildman–Crippen MR) is 209 cm³/mol. The first-order valence-electron chi connectivity index (χ1n) is 17.2. The summed E-state index contributed by atoms with van der Waals surface area (Å²) in [6.45, 7) is 2.27. The number of benzene rings is 5. The number of anilines is 3. The van der Waals surface area contributed by atoms with Gasteiger partial charge in [-0.05, 0) is 72.0 Å². The van der Waals surface area contributed by atoms with Crippen molar-refractivity contribution in [1.29, 1.82) is 0 Å². The molecule has 6 heteroatoms. The first-order chi connectivity index (χ1) is 24.2. The summed E-state index contributed by atoms with van der Waals surface area (Å²) in [7, 11) is 0. The topological polar surface area (TPSA) is 46.1 Å². The van der Waals surface area contributed by atoms with Crippen molar-refractivity contribution in [3.63, 3.8) is 0 Å². The molecule has 0 aliphatic rings. The lowest BCUT2D eigenvalue weighted by atomic mass is 9.98. The van der Waals surface area contributed by atoms with Gasteiger partial charge < -0.3 is 4.90 Å². The molecule has 0 atom stereocenters. The second-order valence-electron chi connectivity index (χ2n) is 12.4. The maximum atomic E-state index is 11.2. The molecule has 0 unspecified atom stereocenters. The smallest absolute Gasteiger partial charge is 0.150 e. The number of unbranched alkanes of at least 4 members (excludes halogenated alkanes) is 5. The van der Waals surface area contributed by atoms with Gasteiger partial charge in [0.05, 0.1) is 11.7 Å². The van der Waals surface area contributed by atoms with Crippen LogP contribution in [0.2, 0.25) is 0 Å². The molecule has 0 aliphatic heterocycles. The average molecular weight is 678 g/mol. The zero-order valence-corrected chi connectivity index (χ0v) is 29.4. The van der Waals surface area contributed by atoms with E-state index in [0.717, 1.165) is 57.5 Å². The van der Waals surface area contributed by atoms with Crippen molar-refractivity contribution < 1.29 is 4.79 Å². The molecule has 0 fully saturated rings. The van der Waals surface area contributed by atoms with Crippen LogP contribution in [0.1, 0.15) is 61.4 Å². The summed E-state index contributed by atoms with van der Waals surface area (Å²) in [6, 6.07) is 44.6. The zero-order chi connectivity index (χ0) is 33.4. The highest BCUT2D eigenvalue weighted by Gasteiger charge is 2.19. The van der Waals surface area contributed by atoms with Crippen molar-refractivity contribution in [2.24, 2.45) is 0 Å². The summed E-state index contributed by atoms with van der Waals surface area (Å²) < 4.78 is 9.53. The summed E-state index contributed by atoms with van der Waals surface area (Å²) in [5.41, 5.74) is 11.7. The van der Waals surface area contributed by atoms with Crippen molar-refractivity contribution in [3.8, 4) is 32.0 Å². The second kappa shape index (κ2) is 15.5. The van der Waals surface area contributed by atoms with E-state index >= 15 is 0 Å².